The van der Waals surface area contributed by atoms with E-state index in [-0.39, 0.29) is 24.4 Å². The van der Waals surface area contributed by atoms with Gasteiger partial charge in [0.1, 0.15) is 0 Å². The van der Waals surface area contributed by atoms with Gasteiger partial charge in [0.15, 0.2) is 0 Å². The van der Waals surface area contributed by atoms with Gasteiger partial charge in [0.2, 0.25) is 0 Å². The Kier molecular flexibility index (Phi) is 7.09. The molecule has 4 heteroatoms. The summed E-state index contributed by atoms with van der Waals surface area (Å²) >= 11 is 0. The van der Waals surface area contributed by atoms with Crippen molar-refractivity contribution in [3.63, 3.8) is 0 Å². The van der Waals surface area contributed by atoms with Gasteiger partial charge in [0.25, 0.3) is 5.91 Å². The smallest absolute Gasteiger partial charge is 0.251 e. The summed E-state index contributed by atoms with van der Waals surface area (Å²) in [5, 5.41) is 2.88. The summed E-state index contributed by atoms with van der Waals surface area (Å²) < 4.78 is 0. The van der Waals surface area contributed by atoms with E-state index >= 15 is 0 Å². The highest BCUT2D eigenvalue weighted by Gasteiger charge is 2.10. The minimum Gasteiger partial charge on any atom is -0.350 e. The van der Waals surface area contributed by atoms with Crippen LogP contribution >= 0.6 is 12.4 Å². The lowest BCUT2D eigenvalue weighted by atomic mass is 10.0. The molecule has 1 unspecified atom stereocenters. The first-order valence-corrected chi connectivity index (χ1v) is 7.26. The molecule has 22 heavy (non-hydrogen) atoms. The van der Waals surface area contributed by atoms with E-state index in [0.717, 1.165) is 5.56 Å². The Hall–Kier alpha value is -1.84. The maximum Gasteiger partial charge on any atom is 0.251 e. The Morgan fingerprint density at radius 2 is 1.59 bits per heavy atom. The number of nitrogens with one attached hydrogen (secondary N) is 1. The first kappa shape index (κ1) is 18.2. The van der Waals surface area contributed by atoms with Crippen LogP contribution in [0.2, 0.25) is 0 Å². The molecule has 3 N–H and O–H groups in total. The van der Waals surface area contributed by atoms with Crippen molar-refractivity contribution in [3.8, 4) is 0 Å². The second kappa shape index (κ2) is 8.57. The predicted octanol–water partition coefficient (Wildman–Crippen LogP) is 3.66. The standard InChI is InChI=1S/C18H22N2O.ClH/c1-13(2)14-8-10-16(11-9-14)18(21)20-12-17(19)15-6-4-3-5-7-15;/h3-11,13,17H,12,19H2,1-2H3,(H,20,21);1H. The Morgan fingerprint density at radius 1 is 1.00 bits per heavy atom. The molecule has 2 rings (SSSR count). The van der Waals surface area contributed by atoms with Crippen molar-refractivity contribution < 1.29 is 4.79 Å². The second-order valence-corrected chi connectivity index (χ2v) is 5.50. The number of benzene rings is 2. The second-order valence-electron chi connectivity index (χ2n) is 5.50. The fourth-order valence-corrected chi connectivity index (χ4v) is 2.14. The Bertz CT molecular complexity index is 582. The number of rotatable bonds is 5. The molecule has 0 aromatic heterocycles. The first-order valence-electron chi connectivity index (χ1n) is 7.26. The predicted molar refractivity (Wildman–Crippen MR) is 93.5 cm³/mol. The van der Waals surface area contributed by atoms with Crippen LogP contribution in [0.15, 0.2) is 54.6 Å². The average Bonchev–Trinajstić information content (AvgIpc) is 2.53. The maximum absolute atomic E-state index is 12.1. The minimum atomic E-state index is -0.190. The van der Waals surface area contributed by atoms with E-state index in [1.165, 1.54) is 5.56 Å². The van der Waals surface area contributed by atoms with E-state index in [2.05, 4.69) is 19.2 Å². The number of halogens is 1. The van der Waals surface area contributed by atoms with Crippen molar-refractivity contribution in [2.24, 2.45) is 5.73 Å². The zero-order chi connectivity index (χ0) is 15.2. The molecular formula is C18H23ClN2O. The summed E-state index contributed by atoms with van der Waals surface area (Å²) in [4.78, 5) is 12.1. The van der Waals surface area contributed by atoms with Crippen molar-refractivity contribution in [2.45, 2.75) is 25.8 Å². The normalized spacial score (nSPS) is 11.6. The van der Waals surface area contributed by atoms with Gasteiger partial charge in [0, 0.05) is 18.2 Å². The lowest BCUT2D eigenvalue weighted by molar-refractivity contribution is 0.0951. The third kappa shape index (κ3) is 4.86. The minimum absolute atomic E-state index is 0. The number of carbonyl (C=O) groups excluding carboxylic acids is 1. The summed E-state index contributed by atoms with van der Waals surface area (Å²) in [6.07, 6.45) is 0. The lowest BCUT2D eigenvalue weighted by Crippen LogP contribution is -2.31. The van der Waals surface area contributed by atoms with Gasteiger partial charge in [-0.05, 0) is 29.2 Å². The van der Waals surface area contributed by atoms with Gasteiger partial charge in [-0.3, -0.25) is 4.79 Å². The molecule has 0 aliphatic rings. The van der Waals surface area contributed by atoms with Crippen LogP contribution < -0.4 is 11.1 Å². The molecule has 118 valence electrons. The average molecular weight is 319 g/mol. The van der Waals surface area contributed by atoms with Crippen LogP contribution in [0.3, 0.4) is 0 Å². The van der Waals surface area contributed by atoms with Crippen LogP contribution in [-0.2, 0) is 0 Å². The monoisotopic (exact) mass is 318 g/mol. The van der Waals surface area contributed by atoms with E-state index < -0.39 is 0 Å². The summed E-state index contributed by atoms with van der Waals surface area (Å²) in [7, 11) is 0. The Morgan fingerprint density at radius 3 is 2.14 bits per heavy atom. The lowest BCUT2D eigenvalue weighted by Gasteiger charge is -2.13. The molecule has 1 atom stereocenters. The van der Waals surface area contributed by atoms with E-state index in [1.54, 1.807) is 0 Å². The molecule has 0 bridgehead atoms. The van der Waals surface area contributed by atoms with Gasteiger partial charge in [-0.25, -0.2) is 0 Å². The fourth-order valence-electron chi connectivity index (χ4n) is 2.14. The third-order valence-corrected chi connectivity index (χ3v) is 3.55. The molecule has 0 fully saturated rings. The molecule has 2 aromatic carbocycles. The largest absolute Gasteiger partial charge is 0.350 e. The summed E-state index contributed by atoms with van der Waals surface area (Å²) in [6, 6.07) is 17.3. The summed E-state index contributed by atoms with van der Waals surface area (Å²) in [6.45, 7) is 4.69. The number of hydrogen-bond donors (Lipinski definition) is 2. The van der Waals surface area contributed by atoms with Crippen LogP contribution in [-0.4, -0.2) is 12.5 Å². The van der Waals surface area contributed by atoms with Gasteiger partial charge in [-0.15, -0.1) is 12.4 Å². The van der Waals surface area contributed by atoms with Crippen molar-refractivity contribution >= 4 is 18.3 Å². The van der Waals surface area contributed by atoms with Crippen molar-refractivity contribution in [2.75, 3.05) is 6.54 Å². The van der Waals surface area contributed by atoms with Gasteiger partial charge in [0.05, 0.1) is 0 Å². The highest BCUT2D eigenvalue weighted by atomic mass is 35.5. The Labute approximate surface area is 138 Å². The number of amides is 1. The zero-order valence-electron chi connectivity index (χ0n) is 13.0. The van der Waals surface area contributed by atoms with E-state index in [9.17, 15) is 4.79 Å². The maximum atomic E-state index is 12.1. The molecule has 0 spiro atoms. The van der Waals surface area contributed by atoms with Crippen molar-refractivity contribution in [3.05, 3.63) is 71.3 Å². The molecule has 2 aromatic rings. The summed E-state index contributed by atoms with van der Waals surface area (Å²) in [5.74, 6) is 0.380. The topological polar surface area (TPSA) is 55.1 Å². The van der Waals surface area contributed by atoms with E-state index in [1.807, 2.05) is 54.6 Å². The SMILES string of the molecule is CC(C)c1ccc(C(=O)NCC(N)c2ccccc2)cc1.Cl. The molecule has 3 nitrogen and oxygen atoms in total. The van der Waals surface area contributed by atoms with E-state index in [4.69, 9.17) is 5.73 Å². The van der Waals surface area contributed by atoms with Crippen LogP contribution in [0.1, 0.15) is 47.3 Å². The molecule has 0 aliphatic heterocycles. The van der Waals surface area contributed by atoms with Crippen LogP contribution in [0.25, 0.3) is 0 Å². The van der Waals surface area contributed by atoms with E-state index in [0.29, 0.717) is 18.0 Å². The van der Waals surface area contributed by atoms with Gasteiger partial charge in [-0.2, -0.15) is 0 Å². The van der Waals surface area contributed by atoms with Gasteiger partial charge < -0.3 is 11.1 Å². The molecule has 1 amide bonds. The quantitative estimate of drug-likeness (QED) is 0.884. The van der Waals surface area contributed by atoms with Crippen molar-refractivity contribution in [1.29, 1.82) is 0 Å². The zero-order valence-corrected chi connectivity index (χ0v) is 13.8. The highest BCUT2D eigenvalue weighted by molar-refractivity contribution is 5.94. The van der Waals surface area contributed by atoms with Crippen molar-refractivity contribution in [1.82, 2.24) is 5.32 Å². The molecule has 0 heterocycles. The number of carbonyl (C=O) groups is 1. The molecular weight excluding hydrogens is 296 g/mol. The Balaban J connectivity index is 0.00000242. The van der Waals surface area contributed by atoms with Gasteiger partial charge >= 0.3 is 0 Å². The number of nitrogens with two attached hydrogens (primary N) is 1. The first-order chi connectivity index (χ1) is 10.1. The number of hydrogen-bond acceptors (Lipinski definition) is 2. The molecule has 0 aliphatic carbocycles. The summed E-state index contributed by atoms with van der Waals surface area (Å²) in [5.41, 5.74) is 8.99. The van der Waals surface area contributed by atoms with Crippen LogP contribution in [0.4, 0.5) is 0 Å². The fraction of sp³-hybridized carbons (Fsp3) is 0.278. The third-order valence-electron chi connectivity index (χ3n) is 3.55. The molecule has 0 saturated carbocycles. The molecule has 0 radical (unpaired) electrons. The highest BCUT2D eigenvalue weighted by Crippen LogP contribution is 2.15. The van der Waals surface area contributed by atoms with Crippen LogP contribution in [0, 0.1) is 0 Å². The van der Waals surface area contributed by atoms with Gasteiger partial charge in [-0.1, -0.05) is 56.3 Å². The van der Waals surface area contributed by atoms with Crippen LogP contribution in [0.5, 0.6) is 0 Å². The molecule has 0 saturated heterocycles.